The van der Waals surface area contributed by atoms with Crippen LogP contribution in [0.2, 0.25) is 0 Å². The quantitative estimate of drug-likeness (QED) is 0.912. The fourth-order valence-electron chi connectivity index (χ4n) is 4.37. The van der Waals surface area contributed by atoms with Crippen LogP contribution >= 0.6 is 0 Å². The second kappa shape index (κ2) is 7.05. The molecule has 4 rings (SSSR count). The van der Waals surface area contributed by atoms with Crippen molar-refractivity contribution in [2.75, 3.05) is 12.3 Å². The number of aromatic nitrogens is 4. The zero-order valence-corrected chi connectivity index (χ0v) is 15.3. The number of amides is 1. The van der Waals surface area contributed by atoms with Crippen molar-refractivity contribution >= 4 is 11.9 Å². The maximum atomic E-state index is 13.0. The molecule has 1 amide bonds. The van der Waals surface area contributed by atoms with Crippen molar-refractivity contribution in [2.24, 2.45) is 13.0 Å². The molecular formula is C19H26N6O. The van der Waals surface area contributed by atoms with E-state index >= 15 is 0 Å². The minimum absolute atomic E-state index is 0.0237. The molecule has 1 atom stereocenters. The van der Waals surface area contributed by atoms with Gasteiger partial charge in [-0.25, -0.2) is 9.97 Å². The number of nitrogens with zero attached hydrogens (tertiary/aromatic N) is 5. The van der Waals surface area contributed by atoms with Gasteiger partial charge in [-0.15, -0.1) is 0 Å². The Morgan fingerprint density at radius 2 is 2.04 bits per heavy atom. The Morgan fingerprint density at radius 1 is 1.23 bits per heavy atom. The molecule has 2 fully saturated rings. The predicted octanol–water partition coefficient (Wildman–Crippen LogP) is 2.70. The van der Waals surface area contributed by atoms with Gasteiger partial charge in [0, 0.05) is 43.5 Å². The van der Waals surface area contributed by atoms with Crippen LogP contribution in [0.5, 0.6) is 0 Å². The van der Waals surface area contributed by atoms with E-state index in [2.05, 4.69) is 15.1 Å². The summed E-state index contributed by atoms with van der Waals surface area (Å²) in [7, 11) is 1.88. The van der Waals surface area contributed by atoms with Crippen molar-refractivity contribution in [2.45, 2.75) is 51.0 Å². The van der Waals surface area contributed by atoms with Crippen LogP contribution in [0.4, 0.5) is 5.95 Å². The lowest BCUT2D eigenvalue weighted by atomic mass is 10.00. The van der Waals surface area contributed by atoms with Crippen molar-refractivity contribution in [1.82, 2.24) is 24.6 Å². The normalized spacial score (nSPS) is 20.8. The first-order chi connectivity index (χ1) is 12.6. The first-order valence-corrected chi connectivity index (χ1v) is 9.52. The second-order valence-electron chi connectivity index (χ2n) is 7.53. The molecule has 2 aliphatic rings. The number of hydrogen-bond donors (Lipinski definition) is 1. The molecule has 7 heteroatoms. The molecule has 26 heavy (non-hydrogen) atoms. The van der Waals surface area contributed by atoms with Crippen LogP contribution in [0, 0.1) is 5.92 Å². The van der Waals surface area contributed by atoms with Crippen molar-refractivity contribution in [3.05, 3.63) is 24.3 Å². The Morgan fingerprint density at radius 3 is 2.77 bits per heavy atom. The van der Waals surface area contributed by atoms with Crippen LogP contribution < -0.4 is 5.73 Å². The number of likely N-dealkylation sites (tertiary alicyclic amines) is 1. The molecule has 3 heterocycles. The summed E-state index contributed by atoms with van der Waals surface area (Å²) in [5, 5.41) is 4.26. The number of aryl methyl sites for hydroxylation is 1. The Hall–Kier alpha value is -2.44. The van der Waals surface area contributed by atoms with E-state index in [4.69, 9.17) is 5.73 Å². The van der Waals surface area contributed by atoms with Crippen LogP contribution in [0.15, 0.2) is 18.6 Å². The largest absolute Gasteiger partial charge is 0.368 e. The molecule has 1 saturated carbocycles. The SMILES string of the molecule is Cn1cc(-c2cnc(N)nc2[C@@H]2CCCN2C(=O)CC2CCCC2)cn1. The van der Waals surface area contributed by atoms with E-state index in [1.165, 1.54) is 25.7 Å². The minimum Gasteiger partial charge on any atom is -0.368 e. The fourth-order valence-corrected chi connectivity index (χ4v) is 4.37. The molecular weight excluding hydrogens is 328 g/mol. The summed E-state index contributed by atoms with van der Waals surface area (Å²) < 4.78 is 1.76. The average molecular weight is 354 g/mol. The Bertz CT molecular complexity index is 795. The lowest BCUT2D eigenvalue weighted by Gasteiger charge is -2.27. The van der Waals surface area contributed by atoms with Gasteiger partial charge in [-0.05, 0) is 31.6 Å². The molecule has 0 bridgehead atoms. The average Bonchev–Trinajstić information content (AvgIpc) is 3.35. The molecule has 2 aromatic heterocycles. The summed E-state index contributed by atoms with van der Waals surface area (Å²) in [5.41, 5.74) is 8.61. The summed E-state index contributed by atoms with van der Waals surface area (Å²) in [6, 6.07) is -0.0237. The van der Waals surface area contributed by atoms with E-state index in [9.17, 15) is 4.79 Å². The van der Waals surface area contributed by atoms with Gasteiger partial charge in [0.2, 0.25) is 11.9 Å². The third kappa shape index (κ3) is 3.30. The first kappa shape index (κ1) is 17.0. The number of carbonyl (C=O) groups excluding carboxylic acids is 1. The number of nitrogen functional groups attached to an aromatic ring is 1. The minimum atomic E-state index is -0.0237. The molecule has 138 valence electrons. The number of nitrogens with two attached hydrogens (primary N) is 1. The van der Waals surface area contributed by atoms with E-state index in [0.717, 1.165) is 36.2 Å². The highest BCUT2D eigenvalue weighted by Gasteiger charge is 2.34. The van der Waals surface area contributed by atoms with Gasteiger partial charge in [0.1, 0.15) is 0 Å². The van der Waals surface area contributed by atoms with E-state index < -0.39 is 0 Å². The number of carbonyl (C=O) groups is 1. The number of rotatable bonds is 4. The number of anilines is 1. The van der Waals surface area contributed by atoms with Crippen molar-refractivity contribution in [3.63, 3.8) is 0 Å². The van der Waals surface area contributed by atoms with Crippen LogP contribution in [0.25, 0.3) is 11.1 Å². The van der Waals surface area contributed by atoms with Crippen LogP contribution in [0.3, 0.4) is 0 Å². The van der Waals surface area contributed by atoms with Gasteiger partial charge in [-0.2, -0.15) is 5.10 Å². The van der Waals surface area contributed by atoms with Crippen LogP contribution in [-0.2, 0) is 11.8 Å². The second-order valence-corrected chi connectivity index (χ2v) is 7.53. The van der Waals surface area contributed by atoms with Crippen molar-refractivity contribution < 1.29 is 4.79 Å². The van der Waals surface area contributed by atoms with Gasteiger partial charge < -0.3 is 10.6 Å². The molecule has 0 unspecified atom stereocenters. The Balaban J connectivity index is 1.63. The smallest absolute Gasteiger partial charge is 0.223 e. The molecule has 7 nitrogen and oxygen atoms in total. The molecule has 0 spiro atoms. The maximum Gasteiger partial charge on any atom is 0.223 e. The predicted molar refractivity (Wildman–Crippen MR) is 98.9 cm³/mol. The highest BCUT2D eigenvalue weighted by molar-refractivity contribution is 5.78. The lowest BCUT2D eigenvalue weighted by molar-refractivity contribution is -0.133. The zero-order chi connectivity index (χ0) is 18.1. The zero-order valence-electron chi connectivity index (χ0n) is 15.3. The molecule has 0 aromatic carbocycles. The van der Waals surface area contributed by atoms with E-state index in [-0.39, 0.29) is 17.9 Å². The monoisotopic (exact) mass is 354 g/mol. The van der Waals surface area contributed by atoms with E-state index in [1.807, 2.05) is 18.1 Å². The van der Waals surface area contributed by atoms with Gasteiger partial charge in [0.05, 0.1) is 17.9 Å². The topological polar surface area (TPSA) is 89.9 Å². The summed E-state index contributed by atoms with van der Waals surface area (Å²) in [5.74, 6) is 1.06. The van der Waals surface area contributed by atoms with Gasteiger partial charge in [-0.3, -0.25) is 9.48 Å². The summed E-state index contributed by atoms with van der Waals surface area (Å²) in [6.45, 7) is 0.798. The fraction of sp³-hybridized carbons (Fsp3) is 0.579. The molecule has 2 aromatic rings. The summed E-state index contributed by atoms with van der Waals surface area (Å²) in [4.78, 5) is 23.7. The molecule has 1 aliphatic carbocycles. The summed E-state index contributed by atoms with van der Waals surface area (Å²) >= 11 is 0. The van der Waals surface area contributed by atoms with Gasteiger partial charge in [0.15, 0.2) is 0 Å². The number of hydrogen-bond acceptors (Lipinski definition) is 5. The van der Waals surface area contributed by atoms with Crippen LogP contribution in [-0.4, -0.2) is 37.1 Å². The van der Waals surface area contributed by atoms with Gasteiger partial charge in [-0.1, -0.05) is 12.8 Å². The van der Waals surface area contributed by atoms with Crippen molar-refractivity contribution in [1.29, 1.82) is 0 Å². The van der Waals surface area contributed by atoms with E-state index in [0.29, 0.717) is 12.3 Å². The highest BCUT2D eigenvalue weighted by atomic mass is 16.2. The molecule has 0 radical (unpaired) electrons. The third-order valence-corrected chi connectivity index (χ3v) is 5.68. The third-order valence-electron chi connectivity index (χ3n) is 5.68. The van der Waals surface area contributed by atoms with Crippen molar-refractivity contribution in [3.8, 4) is 11.1 Å². The molecule has 1 aliphatic heterocycles. The lowest BCUT2D eigenvalue weighted by Crippen LogP contribution is -2.32. The molecule has 2 N–H and O–H groups in total. The standard InChI is InChI=1S/C19H26N6O/c1-24-12-14(10-22-24)15-11-21-19(20)23-18(15)16-7-4-8-25(16)17(26)9-13-5-2-3-6-13/h10-13,16H,2-9H2,1H3,(H2,20,21,23)/t16-/m0/s1. The van der Waals surface area contributed by atoms with E-state index in [1.54, 1.807) is 17.1 Å². The first-order valence-electron chi connectivity index (χ1n) is 9.52. The maximum absolute atomic E-state index is 13.0. The Labute approximate surface area is 153 Å². The summed E-state index contributed by atoms with van der Waals surface area (Å²) in [6.07, 6.45) is 13.0. The Kier molecular flexibility index (Phi) is 4.61. The molecule has 1 saturated heterocycles. The van der Waals surface area contributed by atoms with Gasteiger partial charge in [0.25, 0.3) is 0 Å². The van der Waals surface area contributed by atoms with Gasteiger partial charge >= 0.3 is 0 Å². The highest BCUT2D eigenvalue weighted by Crippen LogP contribution is 2.38. The van der Waals surface area contributed by atoms with Crippen LogP contribution in [0.1, 0.15) is 56.7 Å².